The maximum Gasteiger partial charge on any atom is 0.277 e. The Morgan fingerprint density at radius 1 is 1.43 bits per heavy atom. The predicted octanol–water partition coefficient (Wildman–Crippen LogP) is 1.43. The van der Waals surface area contributed by atoms with E-state index in [1.54, 1.807) is 30.5 Å². The van der Waals surface area contributed by atoms with Crippen LogP contribution < -0.4 is 10.2 Å². The van der Waals surface area contributed by atoms with Gasteiger partial charge in [0, 0.05) is 13.2 Å². The first-order valence-corrected chi connectivity index (χ1v) is 6.25. The molecule has 0 aliphatic heterocycles. The van der Waals surface area contributed by atoms with Gasteiger partial charge in [-0.2, -0.15) is 10.4 Å². The molecule has 0 radical (unpaired) electrons. The number of rotatable bonds is 5. The van der Waals surface area contributed by atoms with E-state index in [4.69, 9.17) is 10.00 Å². The van der Waals surface area contributed by atoms with Gasteiger partial charge in [0.1, 0.15) is 5.75 Å². The summed E-state index contributed by atoms with van der Waals surface area (Å²) in [7, 11) is 1.89. The van der Waals surface area contributed by atoms with Gasteiger partial charge in [-0.25, -0.2) is 5.43 Å². The van der Waals surface area contributed by atoms with Crippen molar-refractivity contribution in [1.82, 2.24) is 9.99 Å². The number of hydrazone groups is 1. The van der Waals surface area contributed by atoms with Gasteiger partial charge in [0.15, 0.2) is 6.61 Å². The number of nitriles is 1. The maximum atomic E-state index is 11.5. The number of carbonyl (C=O) groups excluding carboxylic acids is 1. The van der Waals surface area contributed by atoms with Crippen LogP contribution in [0, 0.1) is 11.3 Å². The Morgan fingerprint density at radius 3 is 2.81 bits per heavy atom. The Labute approximate surface area is 122 Å². The number of nitrogens with one attached hydrogen (secondary N) is 1. The smallest absolute Gasteiger partial charge is 0.277 e. The van der Waals surface area contributed by atoms with Gasteiger partial charge in [-0.05, 0) is 36.4 Å². The molecule has 1 heterocycles. The van der Waals surface area contributed by atoms with Crippen LogP contribution in [0.5, 0.6) is 5.75 Å². The van der Waals surface area contributed by atoms with Gasteiger partial charge in [-0.1, -0.05) is 0 Å². The van der Waals surface area contributed by atoms with E-state index < -0.39 is 0 Å². The molecule has 0 saturated carbocycles. The highest BCUT2D eigenvalue weighted by molar-refractivity contribution is 5.81. The molecular formula is C15H14N4O2. The van der Waals surface area contributed by atoms with Gasteiger partial charge >= 0.3 is 0 Å². The first-order chi connectivity index (χ1) is 10.2. The number of nitrogens with zero attached hydrogens (tertiary/aromatic N) is 3. The number of ether oxygens (including phenoxy) is 1. The standard InChI is InChI=1S/C15H14N4O2/c1-19-8-2-3-13(19)10-17-18-15(20)11-21-14-6-4-12(9-16)5-7-14/h2-8,10H,11H2,1H3,(H,18,20)/b17-10+. The van der Waals surface area contributed by atoms with E-state index in [1.165, 1.54) is 0 Å². The average molecular weight is 282 g/mol. The third-order valence-corrected chi connectivity index (χ3v) is 2.72. The third-order valence-electron chi connectivity index (χ3n) is 2.72. The van der Waals surface area contributed by atoms with Crippen LogP contribution in [0.25, 0.3) is 0 Å². The lowest BCUT2D eigenvalue weighted by molar-refractivity contribution is -0.123. The molecule has 0 unspecified atom stereocenters. The minimum atomic E-state index is -0.357. The van der Waals surface area contributed by atoms with Gasteiger partial charge in [-0.3, -0.25) is 4.79 Å². The number of hydrogen-bond acceptors (Lipinski definition) is 4. The second kappa shape index (κ2) is 6.91. The largest absolute Gasteiger partial charge is 0.484 e. The van der Waals surface area contributed by atoms with Crippen molar-refractivity contribution < 1.29 is 9.53 Å². The molecule has 2 rings (SSSR count). The van der Waals surface area contributed by atoms with E-state index in [2.05, 4.69) is 10.5 Å². The molecule has 0 fully saturated rings. The molecule has 0 atom stereocenters. The van der Waals surface area contributed by atoms with Crippen molar-refractivity contribution in [2.75, 3.05) is 6.61 Å². The highest BCUT2D eigenvalue weighted by Gasteiger charge is 2.01. The zero-order valence-electron chi connectivity index (χ0n) is 11.5. The fourth-order valence-electron chi connectivity index (χ4n) is 1.59. The second-order valence-corrected chi connectivity index (χ2v) is 4.26. The van der Waals surface area contributed by atoms with Crippen LogP contribution in [0.3, 0.4) is 0 Å². The van der Waals surface area contributed by atoms with Crippen LogP contribution in [-0.2, 0) is 11.8 Å². The summed E-state index contributed by atoms with van der Waals surface area (Å²) in [6.45, 7) is -0.142. The Hall–Kier alpha value is -3.07. The molecule has 0 spiro atoms. The summed E-state index contributed by atoms with van der Waals surface area (Å²) < 4.78 is 7.16. The van der Waals surface area contributed by atoms with Crippen LogP contribution in [-0.4, -0.2) is 23.3 Å². The summed E-state index contributed by atoms with van der Waals surface area (Å²) in [6.07, 6.45) is 3.44. The summed E-state index contributed by atoms with van der Waals surface area (Å²) in [5.74, 6) is 0.167. The molecular weight excluding hydrogens is 268 g/mol. The van der Waals surface area contributed by atoms with Crippen LogP contribution in [0.4, 0.5) is 0 Å². The molecule has 0 saturated heterocycles. The second-order valence-electron chi connectivity index (χ2n) is 4.26. The summed E-state index contributed by atoms with van der Waals surface area (Å²) in [5, 5.41) is 12.5. The highest BCUT2D eigenvalue weighted by atomic mass is 16.5. The third kappa shape index (κ3) is 4.21. The normalized spacial score (nSPS) is 10.3. The Bertz CT molecular complexity index is 680. The van der Waals surface area contributed by atoms with Crippen LogP contribution in [0.2, 0.25) is 0 Å². The monoisotopic (exact) mass is 282 g/mol. The van der Waals surface area contributed by atoms with Crippen molar-refractivity contribution in [1.29, 1.82) is 5.26 Å². The van der Waals surface area contributed by atoms with Crippen molar-refractivity contribution >= 4 is 12.1 Å². The van der Waals surface area contributed by atoms with Crippen molar-refractivity contribution in [3.05, 3.63) is 53.9 Å². The average Bonchev–Trinajstić information content (AvgIpc) is 2.91. The minimum absolute atomic E-state index is 0.142. The molecule has 1 aromatic carbocycles. The van der Waals surface area contributed by atoms with Crippen molar-refractivity contribution in [2.45, 2.75) is 0 Å². The summed E-state index contributed by atoms with van der Waals surface area (Å²) >= 11 is 0. The molecule has 1 aromatic heterocycles. The number of amides is 1. The zero-order valence-corrected chi connectivity index (χ0v) is 11.5. The summed E-state index contributed by atoms with van der Waals surface area (Å²) in [5.41, 5.74) is 3.80. The molecule has 21 heavy (non-hydrogen) atoms. The molecule has 1 amide bonds. The van der Waals surface area contributed by atoms with E-state index >= 15 is 0 Å². The number of aromatic nitrogens is 1. The van der Waals surface area contributed by atoms with Gasteiger partial charge < -0.3 is 9.30 Å². The molecule has 2 aromatic rings. The summed E-state index contributed by atoms with van der Waals surface area (Å²) in [4.78, 5) is 11.5. The van der Waals surface area contributed by atoms with Gasteiger partial charge in [0.25, 0.3) is 5.91 Å². The number of benzene rings is 1. The van der Waals surface area contributed by atoms with Gasteiger partial charge in [-0.15, -0.1) is 0 Å². The van der Waals surface area contributed by atoms with Crippen molar-refractivity contribution in [3.8, 4) is 11.8 Å². The molecule has 1 N–H and O–H groups in total. The minimum Gasteiger partial charge on any atom is -0.484 e. The molecule has 0 bridgehead atoms. The Balaban J connectivity index is 1.78. The fourth-order valence-corrected chi connectivity index (χ4v) is 1.59. The molecule has 0 aliphatic rings. The zero-order chi connectivity index (χ0) is 15.1. The lowest BCUT2D eigenvalue weighted by Crippen LogP contribution is -2.24. The predicted molar refractivity (Wildman–Crippen MR) is 77.8 cm³/mol. The molecule has 106 valence electrons. The topological polar surface area (TPSA) is 79.4 Å². The Morgan fingerprint density at radius 2 is 2.19 bits per heavy atom. The molecule has 6 nitrogen and oxygen atoms in total. The lowest BCUT2D eigenvalue weighted by atomic mass is 10.2. The Kier molecular flexibility index (Phi) is 4.72. The van der Waals surface area contributed by atoms with Gasteiger partial charge in [0.05, 0.1) is 23.5 Å². The van der Waals surface area contributed by atoms with Crippen LogP contribution in [0.1, 0.15) is 11.3 Å². The quantitative estimate of drug-likeness (QED) is 0.665. The van der Waals surface area contributed by atoms with E-state index in [0.29, 0.717) is 11.3 Å². The van der Waals surface area contributed by atoms with Crippen LogP contribution >= 0.6 is 0 Å². The number of aryl methyl sites for hydroxylation is 1. The van der Waals surface area contributed by atoms with Crippen LogP contribution in [0.15, 0.2) is 47.7 Å². The molecule has 0 aliphatic carbocycles. The number of carbonyl (C=O) groups is 1. The fraction of sp³-hybridized carbons (Fsp3) is 0.133. The van der Waals surface area contributed by atoms with E-state index in [-0.39, 0.29) is 12.5 Å². The highest BCUT2D eigenvalue weighted by Crippen LogP contribution is 2.11. The summed E-state index contributed by atoms with van der Waals surface area (Å²) in [6, 6.07) is 12.3. The SMILES string of the molecule is Cn1cccc1/C=N/NC(=O)COc1ccc(C#N)cc1. The van der Waals surface area contributed by atoms with Crippen molar-refractivity contribution in [3.63, 3.8) is 0 Å². The lowest BCUT2D eigenvalue weighted by Gasteiger charge is -2.04. The van der Waals surface area contributed by atoms with E-state index in [1.807, 2.05) is 36.0 Å². The maximum absolute atomic E-state index is 11.5. The van der Waals surface area contributed by atoms with E-state index in [9.17, 15) is 4.79 Å². The first-order valence-electron chi connectivity index (χ1n) is 6.25. The number of hydrogen-bond donors (Lipinski definition) is 1. The van der Waals surface area contributed by atoms with E-state index in [0.717, 1.165) is 5.69 Å². The van der Waals surface area contributed by atoms with Gasteiger partial charge in [0.2, 0.25) is 0 Å². The molecule has 6 heteroatoms. The van der Waals surface area contributed by atoms with Crippen molar-refractivity contribution in [2.24, 2.45) is 12.1 Å². The first kappa shape index (κ1) is 14.3.